The molecular weight excluding hydrogens is 357 g/mol. The Morgan fingerprint density at radius 1 is 1.11 bits per heavy atom. The fourth-order valence-electron chi connectivity index (χ4n) is 4.00. The van der Waals surface area contributed by atoms with Crippen LogP contribution in [-0.4, -0.2) is 0 Å². The van der Waals surface area contributed by atoms with Crippen molar-refractivity contribution in [3.05, 3.63) is 77.9 Å². The SMILES string of the molecule is C=CC1CCC(C(F)=C(F)c2ccc3c(F)c(CC/C=C/C)ccc3c2)CC1. The summed E-state index contributed by atoms with van der Waals surface area (Å²) in [6.45, 7) is 5.72. The first kappa shape index (κ1) is 20.4. The van der Waals surface area contributed by atoms with Crippen molar-refractivity contribution in [1.29, 1.82) is 0 Å². The van der Waals surface area contributed by atoms with Crippen molar-refractivity contribution < 1.29 is 13.2 Å². The lowest BCUT2D eigenvalue weighted by Gasteiger charge is -2.25. The van der Waals surface area contributed by atoms with Gasteiger partial charge in [0.05, 0.1) is 0 Å². The van der Waals surface area contributed by atoms with Crippen LogP contribution in [0.5, 0.6) is 0 Å². The van der Waals surface area contributed by atoms with Gasteiger partial charge in [-0.3, -0.25) is 0 Å². The molecule has 2 aromatic rings. The molecule has 1 fully saturated rings. The van der Waals surface area contributed by atoms with E-state index < -0.39 is 11.7 Å². The highest BCUT2D eigenvalue weighted by molar-refractivity contribution is 5.87. The summed E-state index contributed by atoms with van der Waals surface area (Å²) < 4.78 is 44.2. The molecule has 2 aromatic carbocycles. The summed E-state index contributed by atoms with van der Waals surface area (Å²) >= 11 is 0. The fourth-order valence-corrected chi connectivity index (χ4v) is 4.00. The molecule has 3 heteroatoms. The molecule has 1 saturated carbocycles. The zero-order valence-corrected chi connectivity index (χ0v) is 16.4. The van der Waals surface area contributed by atoms with Gasteiger partial charge >= 0.3 is 0 Å². The Hall–Kier alpha value is -2.29. The van der Waals surface area contributed by atoms with Gasteiger partial charge in [0.1, 0.15) is 11.6 Å². The highest BCUT2D eigenvalue weighted by atomic mass is 19.2. The summed E-state index contributed by atoms with van der Waals surface area (Å²) in [5.74, 6) is -1.75. The summed E-state index contributed by atoms with van der Waals surface area (Å²) in [5.41, 5.74) is 0.816. The lowest BCUT2D eigenvalue weighted by molar-refractivity contribution is 0.305. The van der Waals surface area contributed by atoms with Crippen LogP contribution in [-0.2, 0) is 6.42 Å². The average molecular weight is 384 g/mol. The third-order valence-corrected chi connectivity index (χ3v) is 5.78. The summed E-state index contributed by atoms with van der Waals surface area (Å²) in [6, 6.07) is 8.09. The van der Waals surface area contributed by atoms with E-state index in [0.717, 1.165) is 19.3 Å². The number of allylic oxidation sites excluding steroid dienone is 4. The number of hydrogen-bond donors (Lipinski definition) is 0. The highest BCUT2D eigenvalue weighted by Crippen LogP contribution is 2.38. The molecule has 0 spiro atoms. The standard InChI is InChI=1S/C25H27F3/c1-3-5-6-7-18-12-13-20-16-21(14-15-22(20)23(18)26)25(28)24(27)19-10-8-17(4-2)9-11-19/h3-5,12-17,19H,2,6-11H2,1H3/b5-3+,25-24?. The summed E-state index contributed by atoms with van der Waals surface area (Å²) in [5, 5.41) is 1.03. The molecule has 0 saturated heterocycles. The number of aryl methyl sites for hydroxylation is 1. The molecule has 0 N–H and O–H groups in total. The van der Waals surface area contributed by atoms with Crippen LogP contribution in [0.2, 0.25) is 0 Å². The second-order valence-electron chi connectivity index (χ2n) is 7.59. The maximum absolute atomic E-state index is 14.8. The van der Waals surface area contributed by atoms with Crippen LogP contribution in [0, 0.1) is 17.7 Å². The minimum Gasteiger partial charge on any atom is -0.208 e. The second kappa shape index (κ2) is 9.27. The van der Waals surface area contributed by atoms with Crippen LogP contribution in [0.1, 0.15) is 50.2 Å². The van der Waals surface area contributed by atoms with Crippen LogP contribution in [0.25, 0.3) is 16.6 Å². The summed E-state index contributed by atoms with van der Waals surface area (Å²) in [4.78, 5) is 0. The van der Waals surface area contributed by atoms with Gasteiger partial charge in [0.25, 0.3) is 0 Å². The van der Waals surface area contributed by atoms with Crippen LogP contribution < -0.4 is 0 Å². The van der Waals surface area contributed by atoms with Crippen molar-refractivity contribution in [1.82, 2.24) is 0 Å². The number of hydrogen-bond acceptors (Lipinski definition) is 0. The molecule has 0 heterocycles. The van der Waals surface area contributed by atoms with Gasteiger partial charge in [0.15, 0.2) is 5.83 Å². The second-order valence-corrected chi connectivity index (χ2v) is 7.59. The number of benzene rings is 2. The Morgan fingerprint density at radius 3 is 2.54 bits per heavy atom. The molecule has 0 aliphatic heterocycles. The minimum absolute atomic E-state index is 0.178. The third kappa shape index (κ3) is 4.40. The normalized spacial score (nSPS) is 21.1. The molecule has 0 atom stereocenters. The highest BCUT2D eigenvalue weighted by Gasteiger charge is 2.26. The van der Waals surface area contributed by atoms with Gasteiger partial charge in [-0.2, -0.15) is 0 Å². The van der Waals surface area contributed by atoms with Crippen LogP contribution in [0.15, 0.2) is 61.0 Å². The number of rotatable bonds is 6. The largest absolute Gasteiger partial charge is 0.208 e. The first-order valence-corrected chi connectivity index (χ1v) is 10.1. The van der Waals surface area contributed by atoms with Gasteiger partial charge in [-0.15, -0.1) is 6.58 Å². The van der Waals surface area contributed by atoms with Gasteiger partial charge in [0.2, 0.25) is 0 Å². The number of halogens is 3. The topological polar surface area (TPSA) is 0 Å². The Bertz CT molecular complexity index is 899. The van der Waals surface area contributed by atoms with Gasteiger partial charge in [-0.25, -0.2) is 13.2 Å². The Labute approximate surface area is 165 Å². The van der Waals surface area contributed by atoms with E-state index in [9.17, 15) is 13.2 Å². The number of fused-ring (bicyclic) bond motifs is 1. The smallest absolute Gasteiger partial charge is 0.162 e. The minimum atomic E-state index is -0.818. The van der Waals surface area contributed by atoms with Gasteiger partial charge in [-0.05, 0) is 68.4 Å². The predicted octanol–water partition coefficient (Wildman–Crippen LogP) is 8.09. The third-order valence-electron chi connectivity index (χ3n) is 5.78. The van der Waals surface area contributed by atoms with Crippen molar-refractivity contribution in [2.75, 3.05) is 0 Å². The van der Waals surface area contributed by atoms with E-state index in [0.29, 0.717) is 41.5 Å². The molecule has 0 radical (unpaired) electrons. The molecule has 1 aliphatic rings. The predicted molar refractivity (Wildman–Crippen MR) is 112 cm³/mol. The molecule has 28 heavy (non-hydrogen) atoms. The Kier molecular flexibility index (Phi) is 6.77. The van der Waals surface area contributed by atoms with Gasteiger partial charge in [-0.1, -0.05) is 42.5 Å². The first-order chi connectivity index (χ1) is 13.5. The van der Waals surface area contributed by atoms with Crippen molar-refractivity contribution >= 4 is 16.6 Å². The molecule has 3 rings (SSSR count). The first-order valence-electron chi connectivity index (χ1n) is 10.1. The van der Waals surface area contributed by atoms with Crippen molar-refractivity contribution in [2.24, 2.45) is 11.8 Å². The molecular formula is C25H27F3. The molecule has 0 bridgehead atoms. The van der Waals surface area contributed by atoms with Crippen LogP contribution >= 0.6 is 0 Å². The average Bonchev–Trinajstić information content (AvgIpc) is 2.74. The van der Waals surface area contributed by atoms with Crippen molar-refractivity contribution in [3.8, 4) is 0 Å². The van der Waals surface area contributed by atoms with E-state index in [-0.39, 0.29) is 17.3 Å². The monoisotopic (exact) mass is 384 g/mol. The van der Waals surface area contributed by atoms with Gasteiger partial charge < -0.3 is 0 Å². The lowest BCUT2D eigenvalue weighted by atomic mass is 9.81. The van der Waals surface area contributed by atoms with Crippen LogP contribution in [0.4, 0.5) is 13.2 Å². The Morgan fingerprint density at radius 2 is 1.86 bits per heavy atom. The summed E-state index contributed by atoms with van der Waals surface area (Å²) in [6.07, 6.45) is 10.2. The van der Waals surface area contributed by atoms with Crippen LogP contribution in [0.3, 0.4) is 0 Å². The molecule has 0 nitrogen and oxygen atoms in total. The molecule has 148 valence electrons. The van der Waals surface area contributed by atoms with E-state index in [4.69, 9.17) is 0 Å². The molecule has 1 aliphatic carbocycles. The fraction of sp³-hybridized carbons (Fsp3) is 0.360. The molecule has 0 amide bonds. The van der Waals surface area contributed by atoms with E-state index in [2.05, 4.69) is 6.58 Å². The van der Waals surface area contributed by atoms with E-state index >= 15 is 0 Å². The lowest BCUT2D eigenvalue weighted by Crippen LogP contribution is -2.14. The summed E-state index contributed by atoms with van der Waals surface area (Å²) in [7, 11) is 0. The van der Waals surface area contributed by atoms with E-state index in [1.807, 2.05) is 25.2 Å². The van der Waals surface area contributed by atoms with Crippen molar-refractivity contribution in [2.45, 2.75) is 45.4 Å². The maximum Gasteiger partial charge on any atom is 0.162 e. The Balaban J connectivity index is 1.85. The van der Waals surface area contributed by atoms with E-state index in [1.54, 1.807) is 24.3 Å². The quantitative estimate of drug-likeness (QED) is 0.442. The van der Waals surface area contributed by atoms with Crippen molar-refractivity contribution in [3.63, 3.8) is 0 Å². The van der Waals surface area contributed by atoms with Gasteiger partial charge in [0, 0.05) is 16.9 Å². The zero-order valence-electron chi connectivity index (χ0n) is 16.4. The molecule has 0 aromatic heterocycles. The maximum atomic E-state index is 14.8. The zero-order chi connectivity index (χ0) is 20.1. The molecule has 0 unspecified atom stereocenters. The van der Waals surface area contributed by atoms with E-state index in [1.165, 1.54) is 6.07 Å².